The first-order chi connectivity index (χ1) is 8.60. The molecule has 2 rings (SSSR count). The van der Waals surface area contributed by atoms with E-state index in [1.807, 2.05) is 32.1 Å². The Labute approximate surface area is 109 Å². The minimum atomic E-state index is 0.167. The molecule has 0 aromatic heterocycles. The van der Waals surface area contributed by atoms with Gasteiger partial charge < -0.3 is 9.47 Å². The van der Waals surface area contributed by atoms with E-state index in [1.54, 1.807) is 0 Å². The molecule has 0 amide bonds. The van der Waals surface area contributed by atoms with Crippen LogP contribution >= 0.6 is 0 Å². The summed E-state index contributed by atoms with van der Waals surface area (Å²) in [6.07, 6.45) is 4.35. The van der Waals surface area contributed by atoms with Gasteiger partial charge in [-0.25, -0.2) is 0 Å². The van der Waals surface area contributed by atoms with Crippen LogP contribution in [-0.2, 0) is 0 Å². The molecular weight excluding hydrogens is 224 g/mol. The Morgan fingerprint density at radius 3 is 2.78 bits per heavy atom. The lowest BCUT2D eigenvalue weighted by atomic mass is 9.98. The summed E-state index contributed by atoms with van der Waals surface area (Å²) in [5, 5.41) is 0. The molecule has 1 aliphatic rings. The maximum atomic E-state index is 5.68. The van der Waals surface area contributed by atoms with E-state index < -0.39 is 0 Å². The molecule has 1 aliphatic heterocycles. The van der Waals surface area contributed by atoms with Gasteiger partial charge in [0.05, 0.1) is 6.10 Å². The largest absolute Gasteiger partial charge is 0.491 e. The first-order valence-corrected chi connectivity index (χ1v) is 6.48. The van der Waals surface area contributed by atoms with Crippen LogP contribution in [0.3, 0.4) is 0 Å². The molecule has 0 atom stereocenters. The molecule has 18 heavy (non-hydrogen) atoms. The number of hydrogen-bond donors (Lipinski definition) is 0. The fourth-order valence-electron chi connectivity index (χ4n) is 2.12. The average Bonchev–Trinajstić information content (AvgIpc) is 2.27. The van der Waals surface area contributed by atoms with Crippen molar-refractivity contribution in [2.45, 2.75) is 39.7 Å². The van der Waals surface area contributed by atoms with Gasteiger partial charge in [0.2, 0.25) is 0 Å². The summed E-state index contributed by atoms with van der Waals surface area (Å²) in [5.41, 5.74) is 2.44. The molecule has 0 saturated heterocycles. The molecule has 2 heteroatoms. The molecule has 0 fully saturated rings. The first kappa shape index (κ1) is 12.7. The lowest BCUT2D eigenvalue weighted by molar-refractivity contribution is 0.241. The zero-order valence-electron chi connectivity index (χ0n) is 11.3. The van der Waals surface area contributed by atoms with Crippen LogP contribution in [-0.4, -0.2) is 6.10 Å². The maximum Gasteiger partial charge on any atom is 0.138 e. The molecule has 2 nitrogen and oxygen atoms in total. The van der Waals surface area contributed by atoms with Gasteiger partial charge in [-0.15, -0.1) is 0 Å². The highest BCUT2D eigenvalue weighted by Crippen LogP contribution is 2.37. The fraction of sp³-hybridized carbons (Fsp3) is 0.375. The van der Waals surface area contributed by atoms with Gasteiger partial charge in [0, 0.05) is 11.6 Å². The van der Waals surface area contributed by atoms with Crippen LogP contribution in [0.25, 0.3) is 5.57 Å². The Balaban J connectivity index is 2.33. The molecule has 0 N–H and O–H groups in total. The molecule has 0 unspecified atom stereocenters. The van der Waals surface area contributed by atoms with Crippen molar-refractivity contribution in [2.24, 2.45) is 0 Å². The fourth-order valence-corrected chi connectivity index (χ4v) is 2.12. The molecule has 1 heterocycles. The Morgan fingerprint density at radius 2 is 2.11 bits per heavy atom. The second-order valence-electron chi connectivity index (χ2n) is 4.81. The van der Waals surface area contributed by atoms with Crippen molar-refractivity contribution in [3.8, 4) is 11.5 Å². The molecule has 1 aromatic carbocycles. The lowest BCUT2D eigenvalue weighted by Gasteiger charge is -2.21. The van der Waals surface area contributed by atoms with Crippen LogP contribution < -0.4 is 9.47 Å². The van der Waals surface area contributed by atoms with Gasteiger partial charge in [0.25, 0.3) is 0 Å². The standard InChI is InChI=1S/C16H20O2/c1-5-6-13-9-12(4)18-16-10-14(17-11(2)3)7-8-15(13)16/h7-11H,4-6H2,1-3H3. The Morgan fingerprint density at radius 1 is 1.33 bits per heavy atom. The van der Waals surface area contributed by atoms with E-state index in [1.165, 1.54) is 5.57 Å². The van der Waals surface area contributed by atoms with Crippen molar-refractivity contribution in [1.29, 1.82) is 0 Å². The molecule has 96 valence electrons. The maximum absolute atomic E-state index is 5.68. The van der Waals surface area contributed by atoms with Crippen molar-refractivity contribution in [2.75, 3.05) is 0 Å². The lowest BCUT2D eigenvalue weighted by Crippen LogP contribution is -2.07. The third-order valence-electron chi connectivity index (χ3n) is 2.77. The quantitative estimate of drug-likeness (QED) is 0.772. The van der Waals surface area contributed by atoms with Gasteiger partial charge in [-0.05, 0) is 44.1 Å². The predicted octanol–water partition coefficient (Wildman–Crippen LogP) is 4.56. The highest BCUT2D eigenvalue weighted by atomic mass is 16.5. The summed E-state index contributed by atoms with van der Waals surface area (Å²) < 4.78 is 11.4. The van der Waals surface area contributed by atoms with E-state index >= 15 is 0 Å². The highest BCUT2D eigenvalue weighted by molar-refractivity contribution is 5.75. The highest BCUT2D eigenvalue weighted by Gasteiger charge is 2.16. The molecule has 0 saturated carbocycles. The van der Waals surface area contributed by atoms with Crippen LogP contribution in [0.5, 0.6) is 11.5 Å². The van der Waals surface area contributed by atoms with Gasteiger partial charge >= 0.3 is 0 Å². The minimum Gasteiger partial charge on any atom is -0.491 e. The summed E-state index contributed by atoms with van der Waals surface area (Å²) in [5.74, 6) is 2.39. The predicted molar refractivity (Wildman–Crippen MR) is 74.9 cm³/mol. The van der Waals surface area contributed by atoms with Crippen molar-refractivity contribution < 1.29 is 9.47 Å². The molecular formula is C16H20O2. The van der Waals surface area contributed by atoms with E-state index in [0.29, 0.717) is 5.76 Å². The number of rotatable bonds is 4. The second-order valence-corrected chi connectivity index (χ2v) is 4.81. The second kappa shape index (κ2) is 5.30. The molecule has 0 bridgehead atoms. The number of fused-ring (bicyclic) bond motifs is 1. The third kappa shape index (κ3) is 2.76. The summed E-state index contributed by atoms with van der Waals surface area (Å²) in [6, 6.07) is 6.02. The summed E-state index contributed by atoms with van der Waals surface area (Å²) in [7, 11) is 0. The number of hydrogen-bond acceptors (Lipinski definition) is 2. The summed E-state index contributed by atoms with van der Waals surface area (Å²) >= 11 is 0. The number of benzene rings is 1. The van der Waals surface area contributed by atoms with E-state index in [9.17, 15) is 0 Å². The Hall–Kier alpha value is -1.70. The zero-order valence-corrected chi connectivity index (χ0v) is 11.3. The van der Waals surface area contributed by atoms with E-state index in [4.69, 9.17) is 9.47 Å². The van der Waals surface area contributed by atoms with Crippen molar-refractivity contribution >= 4 is 5.57 Å². The smallest absolute Gasteiger partial charge is 0.138 e. The Bertz CT molecular complexity index is 484. The van der Waals surface area contributed by atoms with Crippen LogP contribution in [0.2, 0.25) is 0 Å². The van der Waals surface area contributed by atoms with E-state index in [2.05, 4.69) is 19.6 Å². The van der Waals surface area contributed by atoms with E-state index in [-0.39, 0.29) is 6.10 Å². The van der Waals surface area contributed by atoms with Gasteiger partial charge in [0.1, 0.15) is 17.3 Å². The monoisotopic (exact) mass is 244 g/mol. The van der Waals surface area contributed by atoms with Crippen molar-refractivity contribution in [3.05, 3.63) is 42.2 Å². The van der Waals surface area contributed by atoms with Gasteiger partial charge in [-0.3, -0.25) is 0 Å². The van der Waals surface area contributed by atoms with Gasteiger partial charge in [0.15, 0.2) is 0 Å². The van der Waals surface area contributed by atoms with Crippen LogP contribution in [0.1, 0.15) is 39.2 Å². The normalized spacial score (nSPS) is 14.0. The van der Waals surface area contributed by atoms with E-state index in [0.717, 1.165) is 29.9 Å². The number of allylic oxidation sites excluding steroid dienone is 2. The SMILES string of the molecule is C=C1C=C(CCC)c2ccc(OC(C)C)cc2O1. The molecule has 0 spiro atoms. The molecule has 1 aromatic rings. The van der Waals surface area contributed by atoms with Crippen molar-refractivity contribution in [3.63, 3.8) is 0 Å². The van der Waals surface area contributed by atoms with Crippen molar-refractivity contribution in [1.82, 2.24) is 0 Å². The summed E-state index contributed by atoms with van der Waals surface area (Å²) in [4.78, 5) is 0. The third-order valence-corrected chi connectivity index (χ3v) is 2.77. The number of ether oxygens (including phenoxy) is 2. The topological polar surface area (TPSA) is 18.5 Å². The van der Waals surface area contributed by atoms with Gasteiger partial charge in [-0.2, -0.15) is 0 Å². The Kier molecular flexibility index (Phi) is 3.75. The van der Waals surface area contributed by atoms with Crippen LogP contribution in [0.15, 0.2) is 36.6 Å². The summed E-state index contributed by atoms with van der Waals surface area (Å²) in [6.45, 7) is 10.1. The molecule has 0 aliphatic carbocycles. The van der Waals surface area contributed by atoms with Crippen LogP contribution in [0.4, 0.5) is 0 Å². The zero-order chi connectivity index (χ0) is 13.1. The minimum absolute atomic E-state index is 0.167. The van der Waals surface area contributed by atoms with Gasteiger partial charge in [-0.1, -0.05) is 19.9 Å². The average molecular weight is 244 g/mol. The van der Waals surface area contributed by atoms with Crippen LogP contribution in [0, 0.1) is 0 Å². The molecule has 0 radical (unpaired) electrons. The first-order valence-electron chi connectivity index (χ1n) is 6.48.